The second-order valence-electron chi connectivity index (χ2n) is 10.9. The number of ether oxygens (including phenoxy) is 2. The normalized spacial score (nSPS) is 15.5. The molecule has 1 saturated heterocycles. The minimum absolute atomic E-state index is 0.268. The number of nitrogens with zero attached hydrogens (tertiary/aromatic N) is 3. The third kappa shape index (κ3) is 6.65. The summed E-state index contributed by atoms with van der Waals surface area (Å²) in [4.78, 5) is 29.8. The second-order valence-corrected chi connectivity index (χ2v) is 10.9. The van der Waals surface area contributed by atoms with Crippen LogP contribution in [0.2, 0.25) is 0 Å². The van der Waals surface area contributed by atoms with Crippen molar-refractivity contribution in [2.24, 2.45) is 0 Å². The van der Waals surface area contributed by atoms with Crippen molar-refractivity contribution >= 4 is 22.9 Å². The van der Waals surface area contributed by atoms with Crippen molar-refractivity contribution in [2.45, 2.75) is 58.9 Å². The fourth-order valence-corrected chi connectivity index (χ4v) is 5.50. The van der Waals surface area contributed by atoms with E-state index in [1.165, 1.54) is 21.3 Å². The molecule has 1 unspecified atom stereocenters. The lowest BCUT2D eigenvalue weighted by Crippen LogP contribution is -2.46. The first-order chi connectivity index (χ1) is 19.9. The highest BCUT2D eigenvalue weighted by Gasteiger charge is 2.27. The molecule has 5 rings (SSSR count). The first kappa shape index (κ1) is 28.5. The number of hydrogen-bond donors (Lipinski definition) is 0. The first-order valence-corrected chi connectivity index (χ1v) is 14.5. The van der Waals surface area contributed by atoms with Gasteiger partial charge in [0.1, 0.15) is 5.60 Å². The highest BCUT2D eigenvalue weighted by molar-refractivity contribution is 5.87. The van der Waals surface area contributed by atoms with Crippen LogP contribution in [-0.2, 0) is 22.7 Å². The molecule has 0 aliphatic carbocycles. The minimum atomic E-state index is -0.786. The van der Waals surface area contributed by atoms with Crippen LogP contribution in [0.5, 0.6) is 0 Å². The number of aromatic nitrogens is 1. The Morgan fingerprint density at radius 3 is 2.39 bits per heavy atom. The molecule has 0 amide bonds. The summed E-state index contributed by atoms with van der Waals surface area (Å²) in [5.41, 5.74) is 5.11. The summed E-state index contributed by atoms with van der Waals surface area (Å²) in [5.74, 6) is -0.566. The summed E-state index contributed by atoms with van der Waals surface area (Å²) < 4.78 is 17.9. The van der Waals surface area contributed by atoms with Crippen LogP contribution in [0.1, 0.15) is 45.6 Å². The molecule has 41 heavy (non-hydrogen) atoms. The van der Waals surface area contributed by atoms with Crippen LogP contribution in [0, 0.1) is 0 Å². The standard InChI is InChI=1S/C33H39N3O5/c1-4-17-33(3,5-2)41-32(38)39-24-36-29-16-10-15-28(30(29)40-31(36)37)35-20-18-34(19-21-35)23-25-11-9-14-27(22-25)26-12-7-6-8-13-26/h6-16,22H,4-5,17-21,23-24H2,1-3H3. The highest BCUT2D eigenvalue weighted by atomic mass is 16.7. The molecule has 1 atom stereocenters. The molecule has 8 nitrogen and oxygen atoms in total. The van der Waals surface area contributed by atoms with Crippen LogP contribution in [-0.4, -0.2) is 47.4 Å². The summed E-state index contributed by atoms with van der Waals surface area (Å²) in [6, 6.07) is 24.8. The van der Waals surface area contributed by atoms with Gasteiger partial charge >= 0.3 is 11.9 Å². The van der Waals surface area contributed by atoms with Gasteiger partial charge in [-0.25, -0.2) is 14.2 Å². The van der Waals surface area contributed by atoms with Crippen LogP contribution in [0.15, 0.2) is 82.0 Å². The molecule has 0 radical (unpaired) electrons. The van der Waals surface area contributed by atoms with Crippen molar-refractivity contribution in [1.82, 2.24) is 9.47 Å². The van der Waals surface area contributed by atoms with Crippen LogP contribution < -0.4 is 10.7 Å². The van der Waals surface area contributed by atoms with Gasteiger partial charge in [0.15, 0.2) is 12.3 Å². The Morgan fingerprint density at radius 2 is 1.66 bits per heavy atom. The number of para-hydroxylation sites is 1. The highest BCUT2D eigenvalue weighted by Crippen LogP contribution is 2.28. The van der Waals surface area contributed by atoms with E-state index in [0.29, 0.717) is 17.5 Å². The Kier molecular flexibility index (Phi) is 8.78. The second kappa shape index (κ2) is 12.6. The van der Waals surface area contributed by atoms with E-state index >= 15 is 0 Å². The number of rotatable bonds is 10. The lowest BCUT2D eigenvalue weighted by atomic mass is 9.97. The number of oxazole rings is 1. The number of piperazine rings is 1. The SMILES string of the molecule is CCCC(C)(CC)OC(=O)OCn1c(=O)oc2c(N3CCN(Cc4cccc(-c5ccccc5)c4)CC3)cccc21. The van der Waals surface area contributed by atoms with E-state index in [2.05, 4.69) is 58.3 Å². The molecule has 1 aliphatic rings. The quantitative estimate of drug-likeness (QED) is 0.202. The van der Waals surface area contributed by atoms with Crippen LogP contribution in [0.4, 0.5) is 10.5 Å². The molecule has 0 saturated carbocycles. The van der Waals surface area contributed by atoms with Gasteiger partial charge in [0.2, 0.25) is 0 Å². The average Bonchev–Trinajstić information content (AvgIpc) is 3.32. The molecular weight excluding hydrogens is 518 g/mol. The molecule has 2 heterocycles. The van der Waals surface area contributed by atoms with Gasteiger partial charge < -0.3 is 18.8 Å². The summed E-state index contributed by atoms with van der Waals surface area (Å²) in [6.07, 6.45) is 1.53. The van der Waals surface area contributed by atoms with Gasteiger partial charge in [0.05, 0.1) is 11.2 Å². The van der Waals surface area contributed by atoms with Crippen molar-refractivity contribution in [1.29, 1.82) is 0 Å². The maximum absolute atomic E-state index is 12.8. The molecule has 1 aromatic heterocycles. The van der Waals surface area contributed by atoms with Gasteiger partial charge in [-0.2, -0.15) is 0 Å². The third-order valence-electron chi connectivity index (χ3n) is 8.00. The van der Waals surface area contributed by atoms with E-state index in [4.69, 9.17) is 13.9 Å². The van der Waals surface area contributed by atoms with E-state index in [9.17, 15) is 9.59 Å². The Labute approximate surface area is 241 Å². The van der Waals surface area contributed by atoms with Gasteiger partial charge in [0.25, 0.3) is 0 Å². The molecular formula is C33H39N3O5. The van der Waals surface area contributed by atoms with Gasteiger partial charge in [-0.1, -0.05) is 74.9 Å². The Balaban J connectivity index is 1.22. The fourth-order valence-electron chi connectivity index (χ4n) is 5.50. The largest absolute Gasteiger partial charge is 0.510 e. The van der Waals surface area contributed by atoms with Crippen molar-refractivity contribution in [2.75, 3.05) is 31.1 Å². The van der Waals surface area contributed by atoms with E-state index < -0.39 is 17.5 Å². The number of carbonyl (C=O) groups excluding carboxylic acids is 1. The molecule has 0 spiro atoms. The molecule has 216 valence electrons. The topological polar surface area (TPSA) is 77.1 Å². The van der Waals surface area contributed by atoms with E-state index in [-0.39, 0.29) is 6.73 Å². The summed E-state index contributed by atoms with van der Waals surface area (Å²) in [7, 11) is 0. The van der Waals surface area contributed by atoms with Gasteiger partial charge in [-0.15, -0.1) is 0 Å². The molecule has 0 bridgehead atoms. The van der Waals surface area contributed by atoms with Gasteiger partial charge in [0, 0.05) is 32.7 Å². The van der Waals surface area contributed by atoms with E-state index in [0.717, 1.165) is 51.3 Å². The molecule has 3 aromatic carbocycles. The minimum Gasteiger partial charge on any atom is -0.428 e. The Morgan fingerprint density at radius 1 is 0.927 bits per heavy atom. The van der Waals surface area contributed by atoms with Crippen LogP contribution in [0.3, 0.4) is 0 Å². The molecule has 1 aliphatic heterocycles. The van der Waals surface area contributed by atoms with Crippen molar-refractivity contribution in [3.8, 4) is 11.1 Å². The number of fused-ring (bicyclic) bond motifs is 1. The lowest BCUT2D eigenvalue weighted by Gasteiger charge is -2.36. The van der Waals surface area contributed by atoms with Crippen LogP contribution >= 0.6 is 0 Å². The zero-order valence-corrected chi connectivity index (χ0v) is 24.2. The summed E-state index contributed by atoms with van der Waals surface area (Å²) >= 11 is 0. The Bertz CT molecular complexity index is 1520. The predicted octanol–water partition coefficient (Wildman–Crippen LogP) is 6.66. The maximum Gasteiger partial charge on any atom is 0.510 e. The summed E-state index contributed by atoms with van der Waals surface area (Å²) in [5, 5.41) is 0. The Hall–Kier alpha value is -4.04. The van der Waals surface area contributed by atoms with E-state index in [1.807, 2.05) is 45.0 Å². The lowest BCUT2D eigenvalue weighted by molar-refractivity contribution is -0.0430. The van der Waals surface area contributed by atoms with Gasteiger partial charge in [-0.3, -0.25) is 4.90 Å². The van der Waals surface area contributed by atoms with Crippen LogP contribution in [0.25, 0.3) is 22.2 Å². The van der Waals surface area contributed by atoms with Crippen molar-refractivity contribution < 1.29 is 18.7 Å². The molecule has 8 heteroatoms. The fraction of sp³-hybridized carbons (Fsp3) is 0.394. The predicted molar refractivity (Wildman–Crippen MR) is 161 cm³/mol. The summed E-state index contributed by atoms with van der Waals surface area (Å²) in [6.45, 7) is 9.92. The zero-order valence-electron chi connectivity index (χ0n) is 24.2. The van der Waals surface area contributed by atoms with Crippen molar-refractivity contribution in [3.05, 3.63) is 88.9 Å². The number of carbonyl (C=O) groups is 1. The van der Waals surface area contributed by atoms with Gasteiger partial charge in [-0.05, 0) is 54.7 Å². The average molecular weight is 558 g/mol. The monoisotopic (exact) mass is 557 g/mol. The molecule has 0 N–H and O–H groups in total. The molecule has 4 aromatic rings. The number of benzene rings is 3. The maximum atomic E-state index is 12.8. The number of anilines is 1. The van der Waals surface area contributed by atoms with Crippen molar-refractivity contribution in [3.63, 3.8) is 0 Å². The first-order valence-electron chi connectivity index (χ1n) is 14.5. The smallest absolute Gasteiger partial charge is 0.428 e. The molecule has 1 fully saturated rings. The third-order valence-corrected chi connectivity index (χ3v) is 8.00. The number of hydrogen-bond acceptors (Lipinski definition) is 7. The zero-order chi connectivity index (χ0) is 28.8. The van der Waals surface area contributed by atoms with E-state index in [1.54, 1.807) is 0 Å².